The number of furan rings is 1. The summed E-state index contributed by atoms with van der Waals surface area (Å²) < 4.78 is 5.66. The van der Waals surface area contributed by atoms with E-state index >= 15 is 0 Å². The van der Waals surface area contributed by atoms with Crippen LogP contribution in [0, 0.1) is 17.2 Å². The van der Waals surface area contributed by atoms with Gasteiger partial charge in [-0.25, -0.2) is 0 Å². The number of carbonyl (C=O) groups is 2. The van der Waals surface area contributed by atoms with Crippen LogP contribution in [0.4, 0.5) is 0 Å². The van der Waals surface area contributed by atoms with Gasteiger partial charge in [0.2, 0.25) is 5.91 Å². The molecule has 0 unspecified atom stereocenters. The average molecular weight is 296 g/mol. The van der Waals surface area contributed by atoms with Gasteiger partial charge in [0.25, 0.3) is 0 Å². The molecule has 5 heteroatoms. The predicted octanol–water partition coefficient (Wildman–Crippen LogP) is 2.52. The van der Waals surface area contributed by atoms with Crippen LogP contribution in [-0.2, 0) is 9.59 Å². The number of amides is 1. The van der Waals surface area contributed by atoms with Gasteiger partial charge in [0.15, 0.2) is 11.7 Å². The molecule has 0 saturated heterocycles. The van der Waals surface area contributed by atoms with E-state index in [0.717, 1.165) is 18.2 Å². The van der Waals surface area contributed by atoms with E-state index < -0.39 is 23.5 Å². The number of nitriles is 1. The normalized spacial score (nSPS) is 16.7. The second-order valence-corrected chi connectivity index (χ2v) is 5.66. The largest absolute Gasteiger partial charge is 0.460 e. The minimum Gasteiger partial charge on any atom is -0.460 e. The second-order valence-electron chi connectivity index (χ2n) is 5.66. The van der Waals surface area contributed by atoms with Crippen molar-refractivity contribution in [3.63, 3.8) is 0 Å². The highest BCUT2D eigenvalue weighted by atomic mass is 16.3. The Morgan fingerprint density at radius 2 is 2.09 bits per heavy atom. The molecular formula is C17H16N2O3. The fourth-order valence-electron chi connectivity index (χ4n) is 2.37. The molecule has 1 saturated carbocycles. The van der Waals surface area contributed by atoms with Crippen molar-refractivity contribution in [3.8, 4) is 6.07 Å². The Kier molecular flexibility index (Phi) is 3.68. The molecular weight excluding hydrogens is 280 g/mol. The van der Waals surface area contributed by atoms with Crippen LogP contribution in [0.2, 0.25) is 0 Å². The molecule has 22 heavy (non-hydrogen) atoms. The van der Waals surface area contributed by atoms with Gasteiger partial charge >= 0.3 is 0 Å². The highest BCUT2D eigenvalue weighted by Crippen LogP contribution is 2.27. The van der Waals surface area contributed by atoms with Crippen LogP contribution >= 0.6 is 0 Å². The molecule has 1 aromatic heterocycles. The van der Waals surface area contributed by atoms with Gasteiger partial charge in [-0.05, 0) is 31.9 Å². The quantitative estimate of drug-likeness (QED) is 0.859. The lowest BCUT2D eigenvalue weighted by Gasteiger charge is -2.12. The van der Waals surface area contributed by atoms with Gasteiger partial charge in [-0.2, -0.15) is 5.26 Å². The molecule has 0 radical (unpaired) electrons. The van der Waals surface area contributed by atoms with Gasteiger partial charge in [-0.3, -0.25) is 9.59 Å². The van der Waals surface area contributed by atoms with Gasteiger partial charge in [-0.15, -0.1) is 0 Å². The first-order chi connectivity index (χ1) is 10.6. The Balaban J connectivity index is 1.79. The molecule has 1 fully saturated rings. The number of benzene rings is 1. The molecule has 1 aliphatic carbocycles. The first kappa shape index (κ1) is 14.3. The van der Waals surface area contributed by atoms with Gasteiger partial charge in [-0.1, -0.05) is 18.2 Å². The highest BCUT2D eigenvalue weighted by molar-refractivity contribution is 6.06. The minimum atomic E-state index is -1.29. The molecule has 112 valence electrons. The summed E-state index contributed by atoms with van der Waals surface area (Å²) in [4.78, 5) is 24.4. The highest BCUT2D eigenvalue weighted by Gasteiger charge is 2.35. The van der Waals surface area contributed by atoms with E-state index in [0.29, 0.717) is 11.3 Å². The van der Waals surface area contributed by atoms with E-state index in [4.69, 9.17) is 4.42 Å². The van der Waals surface area contributed by atoms with E-state index in [1.165, 1.54) is 0 Å². The summed E-state index contributed by atoms with van der Waals surface area (Å²) in [5, 5.41) is 12.8. The average Bonchev–Trinajstić information content (AvgIpc) is 3.21. The maximum absolute atomic E-state index is 12.5. The lowest BCUT2D eigenvalue weighted by molar-refractivity contribution is -0.132. The summed E-state index contributed by atoms with van der Waals surface area (Å²) in [5.41, 5.74) is 0.688. The maximum atomic E-state index is 12.5. The number of ketones is 1. The smallest absolute Gasteiger partial charge is 0.245 e. The number of Topliss-reactive ketones (excluding diaryl/α,β-unsaturated/α-hetero) is 1. The molecule has 1 heterocycles. The number of carbonyl (C=O) groups excluding carboxylic acids is 2. The molecule has 3 rings (SSSR count). The molecule has 0 bridgehead atoms. The van der Waals surface area contributed by atoms with E-state index in [1.54, 1.807) is 13.0 Å². The topological polar surface area (TPSA) is 83.1 Å². The van der Waals surface area contributed by atoms with Crippen LogP contribution in [-0.4, -0.2) is 17.7 Å². The van der Waals surface area contributed by atoms with Crippen molar-refractivity contribution in [1.82, 2.24) is 5.32 Å². The molecule has 1 aromatic carbocycles. The number of para-hydroxylation sites is 1. The van der Waals surface area contributed by atoms with Crippen molar-refractivity contribution in [2.24, 2.45) is 5.92 Å². The van der Waals surface area contributed by atoms with E-state index in [2.05, 4.69) is 5.32 Å². The Morgan fingerprint density at radius 1 is 1.36 bits per heavy atom. The van der Waals surface area contributed by atoms with Crippen molar-refractivity contribution in [1.29, 1.82) is 5.26 Å². The van der Waals surface area contributed by atoms with Crippen LogP contribution in [0.15, 0.2) is 34.7 Å². The van der Waals surface area contributed by atoms with Gasteiger partial charge in [0, 0.05) is 11.4 Å². The first-order valence-electron chi connectivity index (χ1n) is 7.32. The van der Waals surface area contributed by atoms with Crippen molar-refractivity contribution in [3.05, 3.63) is 36.1 Å². The third-order valence-electron chi connectivity index (χ3n) is 3.90. The lowest BCUT2D eigenvalue weighted by Crippen LogP contribution is -2.37. The van der Waals surface area contributed by atoms with Gasteiger partial charge in [0.1, 0.15) is 11.3 Å². The fourth-order valence-corrected chi connectivity index (χ4v) is 2.37. The third-order valence-corrected chi connectivity index (χ3v) is 3.90. The maximum Gasteiger partial charge on any atom is 0.245 e. The second kappa shape index (κ2) is 5.64. The molecule has 2 atom stereocenters. The number of hydrogen-bond acceptors (Lipinski definition) is 4. The van der Waals surface area contributed by atoms with E-state index in [-0.39, 0.29) is 6.04 Å². The van der Waals surface area contributed by atoms with Crippen molar-refractivity contribution in [2.45, 2.75) is 31.7 Å². The Morgan fingerprint density at radius 3 is 2.73 bits per heavy atom. The first-order valence-corrected chi connectivity index (χ1v) is 7.32. The van der Waals surface area contributed by atoms with Crippen LogP contribution in [0.3, 0.4) is 0 Å². The molecule has 1 N–H and O–H groups in total. The zero-order valence-corrected chi connectivity index (χ0v) is 12.2. The van der Waals surface area contributed by atoms with Crippen LogP contribution in [0.25, 0.3) is 11.0 Å². The van der Waals surface area contributed by atoms with Crippen LogP contribution in [0.5, 0.6) is 0 Å². The Labute approximate surface area is 127 Å². The molecule has 1 amide bonds. The monoisotopic (exact) mass is 296 g/mol. The fraction of sp³-hybridized carbons (Fsp3) is 0.353. The van der Waals surface area contributed by atoms with Crippen LogP contribution in [0.1, 0.15) is 31.4 Å². The summed E-state index contributed by atoms with van der Waals surface area (Å²) in [7, 11) is 0. The Hall–Kier alpha value is -2.61. The predicted molar refractivity (Wildman–Crippen MR) is 79.9 cm³/mol. The van der Waals surface area contributed by atoms with E-state index in [9.17, 15) is 14.9 Å². The zero-order valence-electron chi connectivity index (χ0n) is 12.2. The van der Waals surface area contributed by atoms with Crippen molar-refractivity contribution >= 4 is 22.7 Å². The van der Waals surface area contributed by atoms with Crippen molar-refractivity contribution in [2.75, 3.05) is 0 Å². The van der Waals surface area contributed by atoms with Crippen molar-refractivity contribution < 1.29 is 14.0 Å². The zero-order chi connectivity index (χ0) is 15.7. The van der Waals surface area contributed by atoms with Crippen LogP contribution < -0.4 is 5.32 Å². The molecule has 0 aliphatic heterocycles. The van der Waals surface area contributed by atoms with Gasteiger partial charge in [0.05, 0.1) is 12.0 Å². The molecule has 2 aromatic rings. The number of hydrogen-bond donors (Lipinski definition) is 1. The lowest BCUT2D eigenvalue weighted by atomic mass is 9.92. The number of nitrogens with zero attached hydrogens (tertiary/aromatic N) is 1. The standard InChI is InChI=1S/C17H16N2O3/c1-10(15-8-11-4-2-3-5-14(11)22-15)16(20)13(9-18)17(21)19-12-6-7-12/h2-5,8,10,12-13H,6-7H2,1H3,(H,19,21)/t10-,13+/m1/s1. The number of nitrogens with one attached hydrogen (secondary N) is 1. The number of rotatable bonds is 5. The summed E-state index contributed by atoms with van der Waals surface area (Å²) in [6.07, 6.45) is 1.83. The summed E-state index contributed by atoms with van der Waals surface area (Å²) in [6, 6.07) is 11.2. The third kappa shape index (κ3) is 2.73. The summed E-state index contributed by atoms with van der Waals surface area (Å²) >= 11 is 0. The Bertz CT molecular complexity index is 735. The summed E-state index contributed by atoms with van der Waals surface area (Å²) in [5.74, 6) is -2.38. The van der Waals surface area contributed by atoms with E-state index in [1.807, 2.05) is 30.3 Å². The molecule has 0 spiro atoms. The molecule has 1 aliphatic rings. The SMILES string of the molecule is C[C@@H](C(=O)[C@H](C#N)C(=O)NC1CC1)c1cc2ccccc2o1. The minimum absolute atomic E-state index is 0.123. The summed E-state index contributed by atoms with van der Waals surface area (Å²) in [6.45, 7) is 1.66. The van der Waals surface area contributed by atoms with Gasteiger partial charge < -0.3 is 9.73 Å². The molecule has 5 nitrogen and oxygen atoms in total. The number of fused-ring (bicyclic) bond motifs is 1.